The van der Waals surface area contributed by atoms with Gasteiger partial charge in [-0.15, -0.1) is 0 Å². The maximum absolute atomic E-state index is 11.8. The lowest BCUT2D eigenvalue weighted by Crippen LogP contribution is -2.23. The Bertz CT molecular complexity index is 471. The molecule has 120 valence electrons. The van der Waals surface area contributed by atoms with Gasteiger partial charge < -0.3 is 5.32 Å². The van der Waals surface area contributed by atoms with Crippen molar-refractivity contribution in [2.45, 2.75) is 45.4 Å². The molecule has 0 fully saturated rings. The van der Waals surface area contributed by atoms with E-state index in [0.29, 0.717) is 23.8 Å². The van der Waals surface area contributed by atoms with Crippen molar-refractivity contribution in [1.82, 2.24) is 5.32 Å². The highest BCUT2D eigenvalue weighted by atomic mass is 32.2. The predicted molar refractivity (Wildman–Crippen MR) is 90.5 cm³/mol. The summed E-state index contributed by atoms with van der Waals surface area (Å²) < 4.78 is 23.6. The van der Waals surface area contributed by atoms with Gasteiger partial charge in [-0.2, -0.15) is 0 Å². The van der Waals surface area contributed by atoms with E-state index in [0.717, 1.165) is 32.4 Å². The summed E-state index contributed by atoms with van der Waals surface area (Å²) in [7, 11) is -2.86. The summed E-state index contributed by atoms with van der Waals surface area (Å²) in [6, 6.07) is 10.4. The molecule has 0 aliphatic carbocycles. The fourth-order valence-electron chi connectivity index (χ4n) is 2.53. The minimum absolute atomic E-state index is 0.317. The lowest BCUT2D eigenvalue weighted by Gasteiger charge is -2.18. The van der Waals surface area contributed by atoms with E-state index >= 15 is 0 Å². The van der Waals surface area contributed by atoms with Crippen molar-refractivity contribution in [1.29, 1.82) is 0 Å². The number of hydrogen-bond acceptors (Lipinski definition) is 3. The van der Waals surface area contributed by atoms with Gasteiger partial charge in [0.25, 0.3) is 0 Å². The molecule has 0 aliphatic rings. The Morgan fingerprint density at radius 1 is 1.05 bits per heavy atom. The lowest BCUT2D eigenvalue weighted by molar-refractivity contribution is 0.538. The van der Waals surface area contributed by atoms with Gasteiger partial charge in [0.15, 0.2) is 0 Å². The Morgan fingerprint density at radius 2 is 1.76 bits per heavy atom. The molecule has 0 aromatic heterocycles. The first kappa shape index (κ1) is 18.2. The molecule has 4 heteroatoms. The van der Waals surface area contributed by atoms with Crippen LogP contribution in [-0.4, -0.2) is 33.0 Å². The summed E-state index contributed by atoms with van der Waals surface area (Å²) in [5.41, 5.74) is 1.30. The Morgan fingerprint density at radius 3 is 2.38 bits per heavy atom. The van der Waals surface area contributed by atoms with Gasteiger partial charge in [0.05, 0.1) is 5.75 Å². The summed E-state index contributed by atoms with van der Waals surface area (Å²) in [4.78, 5) is 0. The molecule has 1 unspecified atom stereocenters. The van der Waals surface area contributed by atoms with Gasteiger partial charge >= 0.3 is 0 Å². The smallest absolute Gasteiger partial charge is 0.150 e. The molecule has 1 N–H and O–H groups in total. The number of nitrogens with one attached hydrogen (secondary N) is 1. The Hall–Kier alpha value is -0.870. The summed E-state index contributed by atoms with van der Waals surface area (Å²) >= 11 is 0. The van der Waals surface area contributed by atoms with Crippen molar-refractivity contribution in [2.75, 3.05) is 24.6 Å². The molecule has 0 bridgehead atoms. The van der Waals surface area contributed by atoms with Gasteiger partial charge in [0.2, 0.25) is 0 Å². The van der Waals surface area contributed by atoms with Gasteiger partial charge in [-0.1, -0.05) is 44.2 Å². The van der Waals surface area contributed by atoms with E-state index in [9.17, 15) is 8.42 Å². The minimum atomic E-state index is -2.86. The van der Waals surface area contributed by atoms with Crippen LogP contribution >= 0.6 is 0 Å². The zero-order valence-corrected chi connectivity index (χ0v) is 14.2. The van der Waals surface area contributed by atoms with E-state index in [4.69, 9.17) is 0 Å². The average molecular weight is 311 g/mol. The van der Waals surface area contributed by atoms with E-state index in [1.165, 1.54) is 5.56 Å². The van der Waals surface area contributed by atoms with Crippen molar-refractivity contribution in [3.05, 3.63) is 35.9 Å². The first-order chi connectivity index (χ1) is 10.1. The summed E-state index contributed by atoms with van der Waals surface area (Å²) in [5.74, 6) is 1.03. The van der Waals surface area contributed by atoms with Crippen LogP contribution in [0, 0.1) is 0 Å². The van der Waals surface area contributed by atoms with Crippen LogP contribution in [0.3, 0.4) is 0 Å². The van der Waals surface area contributed by atoms with E-state index in [-0.39, 0.29) is 0 Å². The largest absolute Gasteiger partial charge is 0.316 e. The number of hydrogen-bond donors (Lipinski definition) is 1. The number of rotatable bonds is 11. The van der Waals surface area contributed by atoms with E-state index in [2.05, 4.69) is 36.5 Å². The second-order valence-corrected chi connectivity index (χ2v) is 7.91. The molecule has 0 heterocycles. The van der Waals surface area contributed by atoms with Crippen LogP contribution in [-0.2, 0) is 9.84 Å². The average Bonchev–Trinajstić information content (AvgIpc) is 2.46. The topological polar surface area (TPSA) is 46.2 Å². The highest BCUT2D eigenvalue weighted by molar-refractivity contribution is 7.91. The lowest BCUT2D eigenvalue weighted by atomic mass is 9.94. The molecule has 0 saturated heterocycles. The normalized spacial score (nSPS) is 13.2. The van der Waals surface area contributed by atoms with Crippen LogP contribution in [0.25, 0.3) is 0 Å². The first-order valence-corrected chi connectivity index (χ1v) is 9.87. The molecule has 1 aromatic carbocycles. The van der Waals surface area contributed by atoms with Crippen molar-refractivity contribution in [3.8, 4) is 0 Å². The third-order valence-electron chi connectivity index (χ3n) is 3.61. The predicted octanol–water partition coefficient (Wildman–Crippen LogP) is 3.37. The standard InChI is InChI=1S/C17H29NO2S/c1-3-12-18-15-17(16-9-6-5-7-10-16)11-8-14-21(19,20)13-4-2/h5-7,9-10,17-18H,3-4,8,11-15H2,1-2H3. The molecular formula is C17H29NO2S. The van der Waals surface area contributed by atoms with Crippen LogP contribution in [0.15, 0.2) is 30.3 Å². The molecule has 1 atom stereocenters. The van der Waals surface area contributed by atoms with Crippen molar-refractivity contribution >= 4 is 9.84 Å². The maximum atomic E-state index is 11.8. The van der Waals surface area contributed by atoms with Crippen LogP contribution < -0.4 is 5.32 Å². The van der Waals surface area contributed by atoms with Gasteiger partial charge in [0.1, 0.15) is 9.84 Å². The molecule has 0 spiro atoms. The van der Waals surface area contributed by atoms with E-state index < -0.39 is 9.84 Å². The van der Waals surface area contributed by atoms with Crippen LogP contribution in [0.2, 0.25) is 0 Å². The Labute approximate surface area is 130 Å². The van der Waals surface area contributed by atoms with Gasteiger partial charge in [-0.3, -0.25) is 0 Å². The highest BCUT2D eigenvalue weighted by Crippen LogP contribution is 2.21. The monoisotopic (exact) mass is 311 g/mol. The first-order valence-electron chi connectivity index (χ1n) is 8.05. The molecule has 3 nitrogen and oxygen atoms in total. The summed E-state index contributed by atoms with van der Waals surface area (Å²) in [6.45, 7) is 6.00. The quantitative estimate of drug-likeness (QED) is 0.637. The van der Waals surface area contributed by atoms with Gasteiger partial charge in [-0.05, 0) is 43.7 Å². The molecule has 0 saturated carbocycles. The molecular weight excluding hydrogens is 282 g/mol. The fourth-order valence-corrected chi connectivity index (χ4v) is 3.96. The molecule has 0 amide bonds. The van der Waals surface area contributed by atoms with Gasteiger partial charge in [-0.25, -0.2) is 8.42 Å². The summed E-state index contributed by atoms with van der Waals surface area (Å²) in [6.07, 6.45) is 3.49. The number of benzene rings is 1. The number of sulfone groups is 1. The van der Waals surface area contributed by atoms with Crippen LogP contribution in [0.5, 0.6) is 0 Å². The van der Waals surface area contributed by atoms with E-state index in [1.807, 2.05) is 13.0 Å². The Balaban J connectivity index is 2.53. The van der Waals surface area contributed by atoms with Crippen LogP contribution in [0.1, 0.15) is 51.0 Å². The Kier molecular flexibility index (Phi) is 8.62. The highest BCUT2D eigenvalue weighted by Gasteiger charge is 2.14. The molecule has 1 rings (SSSR count). The van der Waals surface area contributed by atoms with Crippen molar-refractivity contribution in [2.24, 2.45) is 0 Å². The SMILES string of the molecule is CCCNCC(CCCS(=O)(=O)CCC)c1ccccc1. The van der Waals surface area contributed by atoms with E-state index in [1.54, 1.807) is 0 Å². The molecule has 1 aromatic rings. The third kappa shape index (κ3) is 7.63. The minimum Gasteiger partial charge on any atom is -0.316 e. The second-order valence-electron chi connectivity index (χ2n) is 5.61. The third-order valence-corrected chi connectivity index (χ3v) is 5.55. The maximum Gasteiger partial charge on any atom is 0.150 e. The zero-order valence-electron chi connectivity index (χ0n) is 13.3. The van der Waals surface area contributed by atoms with Crippen molar-refractivity contribution in [3.63, 3.8) is 0 Å². The summed E-state index contributed by atoms with van der Waals surface area (Å²) in [5, 5.41) is 3.46. The molecule has 0 aliphatic heterocycles. The van der Waals surface area contributed by atoms with Gasteiger partial charge in [0, 0.05) is 12.3 Å². The van der Waals surface area contributed by atoms with Crippen LogP contribution in [0.4, 0.5) is 0 Å². The zero-order chi connectivity index (χ0) is 15.6. The fraction of sp³-hybridized carbons (Fsp3) is 0.647. The van der Waals surface area contributed by atoms with Crippen molar-refractivity contribution < 1.29 is 8.42 Å². The molecule has 21 heavy (non-hydrogen) atoms. The second kappa shape index (κ2) is 9.96. The molecule has 0 radical (unpaired) electrons.